The van der Waals surface area contributed by atoms with Gasteiger partial charge in [0.05, 0.1) is 5.69 Å². The number of anilines is 2. The van der Waals surface area contributed by atoms with Crippen LogP contribution in [0, 0.1) is 6.92 Å². The number of benzene rings is 1. The average molecular weight is 284 g/mol. The van der Waals surface area contributed by atoms with Crippen LogP contribution in [0.15, 0.2) is 36.5 Å². The number of unbranched alkanes of at least 4 members (excludes halogenated alkanes) is 1. The molecule has 0 saturated carbocycles. The number of nitrogens with zero attached hydrogens (tertiary/aromatic N) is 1. The molecule has 0 unspecified atom stereocenters. The first-order valence-corrected chi connectivity index (χ1v) is 7.16. The van der Waals surface area contributed by atoms with Gasteiger partial charge in [-0.25, -0.2) is 9.78 Å². The van der Waals surface area contributed by atoms with Crippen molar-refractivity contribution in [3.8, 4) is 0 Å². The maximum atomic E-state index is 11.2. The van der Waals surface area contributed by atoms with Crippen molar-refractivity contribution < 1.29 is 9.90 Å². The lowest BCUT2D eigenvalue weighted by molar-refractivity contribution is 0.0691. The van der Waals surface area contributed by atoms with Crippen LogP contribution in [0.2, 0.25) is 0 Å². The lowest BCUT2D eigenvalue weighted by Gasteiger charge is -2.14. The van der Waals surface area contributed by atoms with Gasteiger partial charge in [-0.05, 0) is 49.1 Å². The Labute approximate surface area is 124 Å². The van der Waals surface area contributed by atoms with E-state index in [0.717, 1.165) is 30.5 Å². The third kappa shape index (κ3) is 3.81. The number of pyridine rings is 1. The van der Waals surface area contributed by atoms with Gasteiger partial charge in [-0.15, -0.1) is 0 Å². The number of hydrogen-bond acceptors (Lipinski definition) is 3. The van der Waals surface area contributed by atoms with Crippen LogP contribution in [0.5, 0.6) is 0 Å². The van der Waals surface area contributed by atoms with E-state index in [4.69, 9.17) is 0 Å². The fourth-order valence-electron chi connectivity index (χ4n) is 2.21. The second-order valence-corrected chi connectivity index (χ2v) is 5.09. The summed E-state index contributed by atoms with van der Waals surface area (Å²) >= 11 is 0. The van der Waals surface area contributed by atoms with Crippen LogP contribution in [0.3, 0.4) is 0 Å². The molecule has 0 spiro atoms. The molecule has 0 fully saturated rings. The SMILES string of the molecule is CCCCc1ccc(C)cc1Nc1cccnc1C(=O)O. The van der Waals surface area contributed by atoms with Crippen molar-refractivity contribution >= 4 is 17.3 Å². The highest BCUT2D eigenvalue weighted by Crippen LogP contribution is 2.25. The maximum absolute atomic E-state index is 11.2. The molecule has 0 atom stereocenters. The first-order valence-electron chi connectivity index (χ1n) is 7.16. The third-order valence-electron chi connectivity index (χ3n) is 3.34. The summed E-state index contributed by atoms with van der Waals surface area (Å²) in [6.45, 7) is 4.18. The van der Waals surface area contributed by atoms with Crippen molar-refractivity contribution in [2.24, 2.45) is 0 Å². The van der Waals surface area contributed by atoms with E-state index in [1.165, 1.54) is 11.8 Å². The number of aryl methyl sites for hydroxylation is 2. The monoisotopic (exact) mass is 284 g/mol. The van der Waals surface area contributed by atoms with Crippen LogP contribution in [0.4, 0.5) is 11.4 Å². The summed E-state index contributed by atoms with van der Waals surface area (Å²) in [4.78, 5) is 15.2. The lowest BCUT2D eigenvalue weighted by Crippen LogP contribution is -2.06. The zero-order valence-electron chi connectivity index (χ0n) is 12.4. The van der Waals surface area contributed by atoms with E-state index in [9.17, 15) is 9.90 Å². The average Bonchev–Trinajstić information content (AvgIpc) is 2.47. The Hall–Kier alpha value is -2.36. The van der Waals surface area contributed by atoms with Crippen molar-refractivity contribution in [1.29, 1.82) is 0 Å². The smallest absolute Gasteiger partial charge is 0.356 e. The minimum atomic E-state index is -1.03. The van der Waals surface area contributed by atoms with Crippen LogP contribution in [0.25, 0.3) is 0 Å². The molecule has 21 heavy (non-hydrogen) atoms. The molecule has 1 aromatic carbocycles. The van der Waals surface area contributed by atoms with E-state index < -0.39 is 5.97 Å². The summed E-state index contributed by atoms with van der Waals surface area (Å²) in [6, 6.07) is 9.70. The topological polar surface area (TPSA) is 62.2 Å². The van der Waals surface area contributed by atoms with Crippen LogP contribution in [0.1, 0.15) is 41.4 Å². The second-order valence-electron chi connectivity index (χ2n) is 5.09. The summed E-state index contributed by atoms with van der Waals surface area (Å²) in [7, 11) is 0. The van der Waals surface area contributed by atoms with Crippen LogP contribution in [-0.2, 0) is 6.42 Å². The highest BCUT2D eigenvalue weighted by atomic mass is 16.4. The Morgan fingerprint density at radius 2 is 2.10 bits per heavy atom. The lowest BCUT2D eigenvalue weighted by atomic mass is 10.0. The van der Waals surface area contributed by atoms with Crippen molar-refractivity contribution in [1.82, 2.24) is 4.98 Å². The number of hydrogen-bond donors (Lipinski definition) is 2. The predicted octanol–water partition coefficient (Wildman–Crippen LogP) is 4.17. The van der Waals surface area contributed by atoms with Crippen LogP contribution in [-0.4, -0.2) is 16.1 Å². The molecule has 0 aliphatic heterocycles. The molecule has 4 nitrogen and oxygen atoms in total. The Balaban J connectivity index is 2.34. The maximum Gasteiger partial charge on any atom is 0.356 e. The minimum Gasteiger partial charge on any atom is -0.476 e. The summed E-state index contributed by atoms with van der Waals surface area (Å²) in [5.74, 6) is -1.03. The quantitative estimate of drug-likeness (QED) is 0.835. The second kappa shape index (κ2) is 6.88. The number of nitrogens with one attached hydrogen (secondary N) is 1. The Morgan fingerprint density at radius 3 is 2.81 bits per heavy atom. The van der Waals surface area contributed by atoms with Gasteiger partial charge in [0.15, 0.2) is 5.69 Å². The van der Waals surface area contributed by atoms with Gasteiger partial charge in [-0.2, -0.15) is 0 Å². The molecular weight excluding hydrogens is 264 g/mol. The summed E-state index contributed by atoms with van der Waals surface area (Å²) < 4.78 is 0. The largest absolute Gasteiger partial charge is 0.476 e. The standard InChI is InChI=1S/C17H20N2O2/c1-3-4-6-13-9-8-12(2)11-15(13)19-14-7-5-10-18-16(14)17(20)21/h5,7-11,19H,3-4,6H2,1-2H3,(H,20,21). The number of carboxylic acid groups (broad SMARTS) is 1. The molecule has 1 aromatic heterocycles. The van der Waals surface area contributed by atoms with E-state index in [0.29, 0.717) is 5.69 Å². The molecule has 1 heterocycles. The third-order valence-corrected chi connectivity index (χ3v) is 3.34. The van der Waals surface area contributed by atoms with Gasteiger partial charge < -0.3 is 10.4 Å². The van der Waals surface area contributed by atoms with E-state index in [1.54, 1.807) is 12.1 Å². The van der Waals surface area contributed by atoms with Crippen molar-refractivity contribution in [2.75, 3.05) is 5.32 Å². The van der Waals surface area contributed by atoms with Gasteiger partial charge in [-0.3, -0.25) is 0 Å². The van der Waals surface area contributed by atoms with E-state index in [-0.39, 0.29) is 5.69 Å². The number of aromatic nitrogens is 1. The van der Waals surface area contributed by atoms with Crippen molar-refractivity contribution in [3.63, 3.8) is 0 Å². The number of carboxylic acids is 1. The van der Waals surface area contributed by atoms with Crippen LogP contribution < -0.4 is 5.32 Å². The molecular formula is C17H20N2O2. The zero-order valence-corrected chi connectivity index (χ0v) is 12.4. The van der Waals surface area contributed by atoms with E-state index in [1.807, 2.05) is 13.0 Å². The number of aromatic carboxylic acids is 1. The predicted molar refractivity (Wildman–Crippen MR) is 84.3 cm³/mol. The molecule has 0 aliphatic rings. The zero-order chi connectivity index (χ0) is 15.2. The van der Waals surface area contributed by atoms with Crippen molar-refractivity contribution in [3.05, 3.63) is 53.3 Å². The van der Waals surface area contributed by atoms with E-state index in [2.05, 4.69) is 29.4 Å². The minimum absolute atomic E-state index is 0.0421. The van der Waals surface area contributed by atoms with Gasteiger partial charge in [-0.1, -0.05) is 25.5 Å². The highest BCUT2D eigenvalue weighted by Gasteiger charge is 2.12. The molecule has 110 valence electrons. The van der Waals surface area contributed by atoms with Crippen molar-refractivity contribution in [2.45, 2.75) is 33.1 Å². The Kier molecular flexibility index (Phi) is 4.93. The Morgan fingerprint density at radius 1 is 1.29 bits per heavy atom. The fourth-order valence-corrected chi connectivity index (χ4v) is 2.21. The van der Waals surface area contributed by atoms with Crippen LogP contribution >= 0.6 is 0 Å². The molecule has 0 saturated heterocycles. The van der Waals surface area contributed by atoms with Gasteiger partial charge in [0, 0.05) is 11.9 Å². The molecule has 0 radical (unpaired) electrons. The molecule has 2 rings (SSSR count). The summed E-state index contributed by atoms with van der Waals surface area (Å²) in [6.07, 6.45) is 4.70. The first kappa shape index (κ1) is 15.0. The normalized spacial score (nSPS) is 10.4. The fraction of sp³-hybridized carbons (Fsp3) is 0.294. The molecule has 4 heteroatoms. The van der Waals surface area contributed by atoms with Gasteiger partial charge >= 0.3 is 5.97 Å². The highest BCUT2D eigenvalue weighted by molar-refractivity contribution is 5.93. The van der Waals surface area contributed by atoms with Gasteiger partial charge in [0.2, 0.25) is 0 Å². The summed E-state index contributed by atoms with van der Waals surface area (Å²) in [5.41, 5.74) is 3.86. The van der Waals surface area contributed by atoms with E-state index >= 15 is 0 Å². The molecule has 0 aliphatic carbocycles. The molecule has 0 bridgehead atoms. The van der Waals surface area contributed by atoms with Gasteiger partial charge in [0.1, 0.15) is 0 Å². The molecule has 0 amide bonds. The molecule has 2 aromatic rings. The number of rotatable bonds is 6. The molecule has 2 N–H and O–H groups in total. The Bertz CT molecular complexity index is 638. The summed E-state index contributed by atoms with van der Waals surface area (Å²) in [5, 5.41) is 12.4. The number of carbonyl (C=O) groups is 1. The van der Waals surface area contributed by atoms with Gasteiger partial charge in [0.25, 0.3) is 0 Å². The first-order chi connectivity index (χ1) is 10.1.